The van der Waals surface area contributed by atoms with Gasteiger partial charge in [0.25, 0.3) is 0 Å². The summed E-state index contributed by atoms with van der Waals surface area (Å²) in [5.74, 6) is 0. The van der Waals surface area contributed by atoms with Crippen molar-refractivity contribution in [2.45, 2.75) is 23.6 Å². The number of sulfonamides is 1. The average Bonchev–Trinajstić information content (AvgIpc) is 2.62. The number of hydrogen-bond acceptors (Lipinski definition) is 4. The number of thiophene rings is 1. The molecule has 7 heteroatoms. The summed E-state index contributed by atoms with van der Waals surface area (Å²) in [5.41, 5.74) is 5.44. The van der Waals surface area contributed by atoms with Crippen LogP contribution in [0.3, 0.4) is 0 Å². The van der Waals surface area contributed by atoms with Crippen molar-refractivity contribution in [2.75, 3.05) is 6.54 Å². The monoisotopic (exact) mass is 312 g/mol. The predicted molar refractivity (Wildman–Crippen MR) is 65.5 cm³/mol. The summed E-state index contributed by atoms with van der Waals surface area (Å²) >= 11 is 4.41. The minimum atomic E-state index is -3.40. The SMILES string of the molecule is CCC(CN)NS(=O)(=O)c1ccc(Br)s1. The summed E-state index contributed by atoms with van der Waals surface area (Å²) in [6, 6.07) is 3.08. The molecule has 86 valence electrons. The van der Waals surface area contributed by atoms with Crippen LogP contribution in [-0.4, -0.2) is 21.0 Å². The molecule has 0 aromatic carbocycles. The smallest absolute Gasteiger partial charge is 0.250 e. The lowest BCUT2D eigenvalue weighted by atomic mass is 10.2. The van der Waals surface area contributed by atoms with Crippen LogP contribution in [-0.2, 0) is 10.0 Å². The molecule has 0 spiro atoms. The highest BCUT2D eigenvalue weighted by molar-refractivity contribution is 9.11. The predicted octanol–water partition coefficient (Wildman–Crippen LogP) is 1.53. The van der Waals surface area contributed by atoms with Crippen molar-refractivity contribution in [3.8, 4) is 0 Å². The number of nitrogens with two attached hydrogens (primary N) is 1. The van der Waals surface area contributed by atoms with Gasteiger partial charge >= 0.3 is 0 Å². The number of rotatable bonds is 5. The summed E-state index contributed by atoms with van der Waals surface area (Å²) in [7, 11) is -3.40. The van der Waals surface area contributed by atoms with Crippen molar-refractivity contribution in [1.29, 1.82) is 0 Å². The Hall–Kier alpha value is 0.0500. The van der Waals surface area contributed by atoms with E-state index in [2.05, 4.69) is 20.7 Å². The van der Waals surface area contributed by atoms with Crippen LogP contribution in [0.4, 0.5) is 0 Å². The second-order valence-corrected chi connectivity index (χ2v) is 7.42. The standard InChI is InChI=1S/C8H13BrN2O2S2/c1-2-6(5-10)11-15(12,13)8-4-3-7(9)14-8/h3-4,6,11H,2,5,10H2,1H3. The van der Waals surface area contributed by atoms with Gasteiger partial charge in [0, 0.05) is 12.6 Å². The maximum absolute atomic E-state index is 11.8. The Labute approximate surface area is 102 Å². The maximum Gasteiger partial charge on any atom is 0.250 e. The van der Waals surface area contributed by atoms with Crippen LogP contribution in [0.25, 0.3) is 0 Å². The van der Waals surface area contributed by atoms with Crippen molar-refractivity contribution in [3.63, 3.8) is 0 Å². The normalized spacial score (nSPS) is 14.1. The van der Waals surface area contributed by atoms with Gasteiger partial charge in [-0.25, -0.2) is 13.1 Å². The molecule has 0 amide bonds. The lowest BCUT2D eigenvalue weighted by Gasteiger charge is -2.13. The van der Waals surface area contributed by atoms with Crippen molar-refractivity contribution < 1.29 is 8.42 Å². The molecule has 15 heavy (non-hydrogen) atoms. The fourth-order valence-electron chi connectivity index (χ4n) is 1.02. The maximum atomic E-state index is 11.8. The average molecular weight is 313 g/mol. The van der Waals surface area contributed by atoms with Gasteiger partial charge in [0.1, 0.15) is 4.21 Å². The molecule has 1 heterocycles. The molecule has 0 fully saturated rings. The number of nitrogens with one attached hydrogen (secondary N) is 1. The van der Waals surface area contributed by atoms with Gasteiger partial charge in [0.2, 0.25) is 10.0 Å². The Kier molecular flexibility index (Phi) is 4.72. The minimum absolute atomic E-state index is 0.198. The summed E-state index contributed by atoms with van der Waals surface area (Å²) in [4.78, 5) is 0. The molecule has 0 saturated carbocycles. The zero-order valence-electron chi connectivity index (χ0n) is 8.23. The van der Waals surface area contributed by atoms with Gasteiger partial charge in [-0.05, 0) is 34.5 Å². The van der Waals surface area contributed by atoms with Gasteiger partial charge in [-0.3, -0.25) is 0 Å². The van der Waals surface area contributed by atoms with Crippen LogP contribution in [0.15, 0.2) is 20.1 Å². The second kappa shape index (κ2) is 5.40. The topological polar surface area (TPSA) is 72.2 Å². The molecular formula is C8H13BrN2O2S2. The molecule has 1 atom stereocenters. The molecule has 3 N–H and O–H groups in total. The highest BCUT2D eigenvalue weighted by atomic mass is 79.9. The summed E-state index contributed by atoms with van der Waals surface area (Å²) in [6.07, 6.45) is 0.683. The van der Waals surface area contributed by atoms with Gasteiger partial charge in [0.15, 0.2) is 0 Å². The molecule has 1 unspecified atom stereocenters. The summed E-state index contributed by atoms with van der Waals surface area (Å²) < 4.78 is 27.3. The molecule has 1 aromatic rings. The molecule has 1 rings (SSSR count). The Balaban J connectivity index is 2.84. The van der Waals surface area contributed by atoms with Crippen molar-refractivity contribution in [3.05, 3.63) is 15.9 Å². The van der Waals surface area contributed by atoms with Crippen LogP contribution in [0.2, 0.25) is 0 Å². The van der Waals surface area contributed by atoms with Gasteiger partial charge in [-0.15, -0.1) is 11.3 Å². The second-order valence-electron chi connectivity index (χ2n) is 3.02. The highest BCUT2D eigenvalue weighted by Gasteiger charge is 2.19. The summed E-state index contributed by atoms with van der Waals surface area (Å²) in [5, 5.41) is 0. The third kappa shape index (κ3) is 3.53. The quantitative estimate of drug-likeness (QED) is 0.866. The van der Waals surface area contributed by atoms with Gasteiger partial charge in [-0.2, -0.15) is 0 Å². The van der Waals surface area contributed by atoms with E-state index >= 15 is 0 Å². The zero-order chi connectivity index (χ0) is 11.5. The van der Waals surface area contributed by atoms with Crippen molar-refractivity contribution in [2.24, 2.45) is 5.73 Å². The third-order valence-electron chi connectivity index (χ3n) is 1.91. The van der Waals surface area contributed by atoms with E-state index < -0.39 is 10.0 Å². The first kappa shape index (κ1) is 13.1. The summed E-state index contributed by atoms with van der Waals surface area (Å²) in [6.45, 7) is 2.20. The van der Waals surface area contributed by atoms with E-state index in [9.17, 15) is 8.42 Å². The Morgan fingerprint density at radius 2 is 2.27 bits per heavy atom. The third-order valence-corrected chi connectivity index (χ3v) is 5.55. The lowest BCUT2D eigenvalue weighted by molar-refractivity contribution is 0.544. The van der Waals surface area contributed by atoms with Gasteiger partial charge in [-0.1, -0.05) is 6.92 Å². The molecule has 1 aromatic heterocycles. The molecule has 0 saturated heterocycles. The highest BCUT2D eigenvalue weighted by Crippen LogP contribution is 2.25. The molecule has 0 aliphatic heterocycles. The lowest BCUT2D eigenvalue weighted by Crippen LogP contribution is -2.39. The van der Waals surface area contributed by atoms with E-state index in [0.717, 1.165) is 3.79 Å². The van der Waals surface area contributed by atoms with E-state index in [1.165, 1.54) is 11.3 Å². The van der Waals surface area contributed by atoms with Gasteiger partial charge in [0.05, 0.1) is 3.79 Å². The first-order chi connectivity index (χ1) is 6.99. The Bertz CT molecular complexity index is 412. The molecule has 4 nitrogen and oxygen atoms in total. The van der Waals surface area contributed by atoms with E-state index in [4.69, 9.17) is 5.73 Å². The molecule has 0 radical (unpaired) electrons. The number of hydrogen-bond donors (Lipinski definition) is 2. The molecular weight excluding hydrogens is 300 g/mol. The molecule has 0 aliphatic rings. The van der Waals surface area contributed by atoms with Crippen LogP contribution in [0.1, 0.15) is 13.3 Å². The van der Waals surface area contributed by atoms with E-state index in [0.29, 0.717) is 17.2 Å². The first-order valence-electron chi connectivity index (χ1n) is 4.47. The van der Waals surface area contributed by atoms with Crippen molar-refractivity contribution >= 4 is 37.3 Å². The van der Waals surface area contributed by atoms with Crippen molar-refractivity contribution in [1.82, 2.24) is 4.72 Å². The molecule has 0 bridgehead atoms. The Morgan fingerprint density at radius 3 is 2.67 bits per heavy atom. The van der Waals surface area contributed by atoms with E-state index in [-0.39, 0.29) is 6.04 Å². The largest absolute Gasteiger partial charge is 0.329 e. The van der Waals surface area contributed by atoms with E-state index in [1.807, 2.05) is 6.92 Å². The fourth-order valence-corrected chi connectivity index (χ4v) is 4.38. The van der Waals surface area contributed by atoms with Crippen LogP contribution < -0.4 is 10.5 Å². The zero-order valence-corrected chi connectivity index (χ0v) is 11.5. The molecule has 0 aliphatic carbocycles. The number of halogens is 1. The van der Waals surface area contributed by atoms with Crippen LogP contribution in [0, 0.1) is 0 Å². The fraction of sp³-hybridized carbons (Fsp3) is 0.500. The van der Waals surface area contributed by atoms with Gasteiger partial charge < -0.3 is 5.73 Å². The minimum Gasteiger partial charge on any atom is -0.329 e. The Morgan fingerprint density at radius 1 is 1.60 bits per heavy atom. The van der Waals surface area contributed by atoms with E-state index in [1.54, 1.807) is 12.1 Å². The van der Waals surface area contributed by atoms with Crippen LogP contribution >= 0.6 is 27.3 Å². The first-order valence-corrected chi connectivity index (χ1v) is 7.56. The van der Waals surface area contributed by atoms with Crippen LogP contribution in [0.5, 0.6) is 0 Å².